The van der Waals surface area contributed by atoms with E-state index < -0.39 is 24.5 Å². The number of halogens is 1. The van der Waals surface area contributed by atoms with Crippen molar-refractivity contribution in [3.8, 4) is 0 Å². The third-order valence-corrected chi connectivity index (χ3v) is 4.69. The van der Waals surface area contributed by atoms with Crippen LogP contribution in [0.15, 0.2) is 43.0 Å². The Morgan fingerprint density at radius 3 is 2.67 bits per heavy atom. The van der Waals surface area contributed by atoms with Crippen LogP contribution in [0.25, 0.3) is 11.2 Å². The molecule has 1 aromatic carbocycles. The van der Waals surface area contributed by atoms with Gasteiger partial charge in [-0.1, -0.05) is 18.2 Å². The molecule has 1 saturated heterocycles. The third-order valence-electron chi connectivity index (χ3n) is 4.39. The van der Waals surface area contributed by atoms with E-state index in [4.69, 9.17) is 16.3 Å². The van der Waals surface area contributed by atoms with Crippen LogP contribution in [0.3, 0.4) is 0 Å². The quantitative estimate of drug-likeness (QED) is 0.567. The zero-order chi connectivity index (χ0) is 19.0. The highest BCUT2D eigenvalue weighted by atomic mass is 35.5. The highest BCUT2D eigenvalue weighted by Gasteiger charge is 2.43. The minimum Gasteiger partial charge on any atom is -0.387 e. The number of hydrogen-bond donors (Lipinski definition) is 3. The minimum atomic E-state index is -1.19. The standard InChI is InChI=1S/C17H16ClN5O4/c18-6-10-12(24)13(25)17(27-10)23-8-21-11-14(19-7-20-15(11)23)22-16(26)9-4-2-1-3-5-9/h1-5,7-8,10,12-13,17,24-25H,6H2,(H,19,20,22,26)/t10-,12-,13-,17-/m1/s1. The van der Waals surface area contributed by atoms with Gasteiger partial charge in [-0.2, -0.15) is 0 Å². The third kappa shape index (κ3) is 3.15. The van der Waals surface area contributed by atoms with Gasteiger partial charge in [-0.05, 0) is 12.1 Å². The molecular weight excluding hydrogens is 374 g/mol. The van der Waals surface area contributed by atoms with Gasteiger partial charge < -0.3 is 20.3 Å². The average Bonchev–Trinajstić information content (AvgIpc) is 3.25. The molecule has 1 aliphatic heterocycles. The number of carbonyl (C=O) groups excluding carboxylic acids is 1. The lowest BCUT2D eigenvalue weighted by Crippen LogP contribution is -2.32. The van der Waals surface area contributed by atoms with Gasteiger partial charge in [0, 0.05) is 5.56 Å². The van der Waals surface area contributed by atoms with Crippen molar-refractivity contribution in [1.82, 2.24) is 19.5 Å². The largest absolute Gasteiger partial charge is 0.387 e. The van der Waals surface area contributed by atoms with Crippen molar-refractivity contribution >= 4 is 34.5 Å². The molecule has 1 aliphatic rings. The van der Waals surface area contributed by atoms with Crippen molar-refractivity contribution in [3.63, 3.8) is 0 Å². The number of aromatic nitrogens is 4. The molecule has 10 heteroatoms. The number of aliphatic hydroxyl groups is 2. The molecule has 0 unspecified atom stereocenters. The van der Waals surface area contributed by atoms with Crippen molar-refractivity contribution in [2.75, 3.05) is 11.2 Å². The van der Waals surface area contributed by atoms with E-state index in [0.717, 1.165) is 0 Å². The molecule has 9 nitrogen and oxygen atoms in total. The number of amides is 1. The molecule has 0 saturated carbocycles. The van der Waals surface area contributed by atoms with Gasteiger partial charge in [-0.25, -0.2) is 15.0 Å². The Balaban J connectivity index is 1.65. The number of rotatable bonds is 4. The Bertz CT molecular complexity index is 966. The number of hydrogen-bond acceptors (Lipinski definition) is 7. The molecule has 140 valence electrons. The molecule has 0 spiro atoms. The number of imidazole rings is 1. The predicted molar refractivity (Wildman–Crippen MR) is 96.4 cm³/mol. The lowest BCUT2D eigenvalue weighted by Gasteiger charge is -2.16. The van der Waals surface area contributed by atoms with Crippen molar-refractivity contribution in [3.05, 3.63) is 48.5 Å². The summed E-state index contributed by atoms with van der Waals surface area (Å²) in [6.45, 7) is 0. The predicted octanol–water partition coefficient (Wildman–Crippen LogP) is 0.937. The van der Waals surface area contributed by atoms with Gasteiger partial charge in [0.05, 0.1) is 12.2 Å². The van der Waals surface area contributed by atoms with Crippen LogP contribution in [0.4, 0.5) is 5.82 Å². The van der Waals surface area contributed by atoms with Crippen LogP contribution >= 0.6 is 11.6 Å². The van der Waals surface area contributed by atoms with Crippen LogP contribution in [0.1, 0.15) is 16.6 Å². The molecule has 1 fully saturated rings. The second-order valence-electron chi connectivity index (χ2n) is 6.07. The summed E-state index contributed by atoms with van der Waals surface area (Å²) < 4.78 is 7.10. The number of fused-ring (bicyclic) bond motifs is 1. The fourth-order valence-electron chi connectivity index (χ4n) is 2.99. The van der Waals surface area contributed by atoms with Gasteiger partial charge >= 0.3 is 0 Å². The van der Waals surface area contributed by atoms with E-state index in [9.17, 15) is 15.0 Å². The van der Waals surface area contributed by atoms with E-state index >= 15 is 0 Å². The number of benzene rings is 1. The van der Waals surface area contributed by atoms with Crippen LogP contribution in [0.5, 0.6) is 0 Å². The monoisotopic (exact) mass is 389 g/mol. The second kappa shape index (κ2) is 7.20. The van der Waals surface area contributed by atoms with Crippen molar-refractivity contribution in [1.29, 1.82) is 0 Å². The van der Waals surface area contributed by atoms with Crippen LogP contribution < -0.4 is 5.32 Å². The van der Waals surface area contributed by atoms with Crippen LogP contribution in [0, 0.1) is 0 Å². The number of nitrogens with zero attached hydrogens (tertiary/aromatic N) is 4. The lowest BCUT2D eigenvalue weighted by molar-refractivity contribution is -0.0291. The fraction of sp³-hybridized carbons (Fsp3) is 0.294. The zero-order valence-electron chi connectivity index (χ0n) is 13.9. The molecule has 3 heterocycles. The summed E-state index contributed by atoms with van der Waals surface area (Å²) in [6, 6.07) is 8.70. The van der Waals surface area contributed by atoms with Crippen molar-refractivity contribution in [2.45, 2.75) is 24.5 Å². The number of ether oxygens (including phenoxy) is 1. The first-order valence-electron chi connectivity index (χ1n) is 8.21. The van der Waals surface area contributed by atoms with Gasteiger partial charge in [0.1, 0.15) is 24.6 Å². The molecule has 0 bridgehead atoms. The summed E-state index contributed by atoms with van der Waals surface area (Å²) in [6.07, 6.45) is -1.23. The van der Waals surface area contributed by atoms with E-state index in [2.05, 4.69) is 20.3 Å². The second-order valence-corrected chi connectivity index (χ2v) is 6.38. The number of aliphatic hydroxyl groups excluding tert-OH is 2. The summed E-state index contributed by atoms with van der Waals surface area (Å²) in [5.41, 5.74) is 1.16. The summed E-state index contributed by atoms with van der Waals surface area (Å²) in [5, 5.41) is 23.0. The smallest absolute Gasteiger partial charge is 0.256 e. The molecule has 4 rings (SSSR count). The maximum atomic E-state index is 12.4. The van der Waals surface area contributed by atoms with E-state index in [-0.39, 0.29) is 17.6 Å². The number of carbonyl (C=O) groups is 1. The highest BCUT2D eigenvalue weighted by Crippen LogP contribution is 2.32. The van der Waals surface area contributed by atoms with Gasteiger partial charge in [0.15, 0.2) is 23.2 Å². The first-order valence-corrected chi connectivity index (χ1v) is 8.75. The van der Waals surface area contributed by atoms with Crippen LogP contribution in [0.2, 0.25) is 0 Å². The average molecular weight is 390 g/mol. The molecule has 27 heavy (non-hydrogen) atoms. The SMILES string of the molecule is O=C(Nc1ncnc2c1ncn2[C@@H]1O[C@H](CCl)[C@@H](O)[C@H]1O)c1ccccc1. The van der Waals surface area contributed by atoms with Gasteiger partial charge in [-0.15, -0.1) is 11.6 Å². The normalized spacial score (nSPS) is 25.0. The fourth-order valence-corrected chi connectivity index (χ4v) is 3.24. The van der Waals surface area contributed by atoms with E-state index in [1.807, 2.05) is 6.07 Å². The molecule has 0 aliphatic carbocycles. The number of alkyl halides is 1. The van der Waals surface area contributed by atoms with Gasteiger partial charge in [-0.3, -0.25) is 9.36 Å². The minimum absolute atomic E-state index is 0.0364. The molecule has 4 atom stereocenters. The number of anilines is 1. The van der Waals surface area contributed by atoms with Crippen LogP contribution in [-0.4, -0.2) is 59.8 Å². The van der Waals surface area contributed by atoms with Crippen molar-refractivity contribution in [2.24, 2.45) is 0 Å². The van der Waals surface area contributed by atoms with Gasteiger partial charge in [0.2, 0.25) is 0 Å². The Labute approximate surface area is 158 Å². The first kappa shape index (κ1) is 17.8. The molecule has 3 aromatic rings. The topological polar surface area (TPSA) is 122 Å². The van der Waals surface area contributed by atoms with Gasteiger partial charge in [0.25, 0.3) is 5.91 Å². The molecule has 1 amide bonds. The van der Waals surface area contributed by atoms with Crippen molar-refractivity contribution < 1.29 is 19.7 Å². The first-order chi connectivity index (χ1) is 13.1. The summed E-state index contributed by atoms with van der Waals surface area (Å²) in [7, 11) is 0. The Morgan fingerprint density at radius 2 is 1.96 bits per heavy atom. The Kier molecular flexibility index (Phi) is 4.75. The zero-order valence-corrected chi connectivity index (χ0v) is 14.7. The Morgan fingerprint density at radius 1 is 1.19 bits per heavy atom. The van der Waals surface area contributed by atoms with E-state index in [1.165, 1.54) is 17.2 Å². The maximum Gasteiger partial charge on any atom is 0.256 e. The molecule has 0 radical (unpaired) electrons. The summed E-state index contributed by atoms with van der Waals surface area (Å²) in [5.74, 6) is -0.0659. The summed E-state index contributed by atoms with van der Waals surface area (Å²) in [4.78, 5) is 24.9. The Hall–Kier alpha value is -2.59. The van der Waals surface area contributed by atoms with E-state index in [0.29, 0.717) is 16.7 Å². The maximum absolute atomic E-state index is 12.4. The van der Waals surface area contributed by atoms with E-state index in [1.54, 1.807) is 24.3 Å². The van der Waals surface area contributed by atoms with Crippen LogP contribution in [-0.2, 0) is 4.74 Å². The highest BCUT2D eigenvalue weighted by molar-refractivity contribution is 6.18. The lowest BCUT2D eigenvalue weighted by atomic mass is 10.1. The molecular formula is C17H16ClN5O4. The summed E-state index contributed by atoms with van der Waals surface area (Å²) >= 11 is 5.76. The number of nitrogens with one attached hydrogen (secondary N) is 1. The molecule has 2 aromatic heterocycles. The molecule has 3 N–H and O–H groups in total.